The van der Waals surface area contributed by atoms with E-state index in [1.165, 1.54) is 60.7 Å². The van der Waals surface area contributed by atoms with E-state index < -0.39 is 71.3 Å². The van der Waals surface area contributed by atoms with Crippen molar-refractivity contribution >= 4 is 153 Å². The number of aliphatic hydroxyl groups is 3. The first-order valence-electron chi connectivity index (χ1n) is 37.3. The number of amides is 5. The fourth-order valence-corrected chi connectivity index (χ4v) is 13.7. The molecule has 120 heavy (non-hydrogen) atoms. The van der Waals surface area contributed by atoms with Crippen molar-refractivity contribution in [1.82, 2.24) is 45.7 Å². The van der Waals surface area contributed by atoms with E-state index in [4.69, 9.17) is 121 Å². The molecule has 0 bridgehead atoms. The number of benzene rings is 6. The fourth-order valence-electron chi connectivity index (χ4n) is 11.9. The second-order valence-electron chi connectivity index (χ2n) is 28.7. The molecule has 4 atom stereocenters. The molecule has 14 N–H and O–H groups in total. The Morgan fingerprint density at radius 3 is 1.17 bits per heavy atom. The van der Waals surface area contributed by atoms with Crippen LogP contribution in [-0.4, -0.2) is 168 Å². The lowest BCUT2D eigenvalue weighted by molar-refractivity contribution is -0.0182. The SMILES string of the molecule is CB(C)O[C@@H](Oc1cc(C(=O)Nc2ccc(C(=O)N3CCC(O)C(C)(C)C3)cc2)nnc1N)c1c(Cl)ccc(F)c1Cl.CB(C)O[C@@H](Oc1cc(C(=O)Nc2ccc(C(=O)O)cc2)nnc1N)c1c(Cl)ccc(F)c1Cl.C[C@@H](Oc1cc(C(=O)Nc2ccc(C(=O)N3CCC(O)CC3)cc2)nnc1N)c1c(Cl)ccc(F)c1Cl.OC1CCNCC1. The van der Waals surface area contributed by atoms with Crippen LogP contribution in [0.2, 0.25) is 57.4 Å². The number of nitrogens with one attached hydrogen (secondary N) is 4. The number of carbonyl (C=O) groups excluding carboxylic acids is 5. The number of aromatic carboxylic acids is 1. The van der Waals surface area contributed by atoms with E-state index in [1.807, 2.05) is 13.8 Å². The minimum Gasteiger partial charge on any atom is -0.482 e. The van der Waals surface area contributed by atoms with Crippen LogP contribution in [0.25, 0.3) is 0 Å². The molecular weight excluding hydrogens is 1690 g/mol. The average molecular weight is 1770 g/mol. The molecule has 0 radical (unpaired) electrons. The Hall–Kier alpha value is -10.4. The maximum absolute atomic E-state index is 14.2. The summed E-state index contributed by atoms with van der Waals surface area (Å²) in [6.45, 7) is 15.5. The number of aliphatic hydroxyl groups excluding tert-OH is 3. The van der Waals surface area contributed by atoms with Crippen LogP contribution >= 0.6 is 69.6 Å². The number of aromatic nitrogens is 6. The largest absolute Gasteiger partial charge is 0.482 e. The van der Waals surface area contributed by atoms with Crippen molar-refractivity contribution in [2.75, 3.05) is 72.4 Å². The summed E-state index contributed by atoms with van der Waals surface area (Å²) < 4.78 is 71.3. The van der Waals surface area contributed by atoms with E-state index in [0.29, 0.717) is 73.6 Å². The lowest BCUT2D eigenvalue weighted by Crippen LogP contribution is -2.50. The number of nitrogens with two attached hydrogens (primary N) is 3. The molecule has 9 aromatic rings. The first-order valence-corrected chi connectivity index (χ1v) is 39.5. The van der Waals surface area contributed by atoms with Gasteiger partial charge < -0.3 is 92.2 Å². The third kappa shape index (κ3) is 25.4. The van der Waals surface area contributed by atoms with Crippen molar-refractivity contribution in [3.63, 3.8) is 0 Å². The molecule has 6 heterocycles. The van der Waals surface area contributed by atoms with Crippen LogP contribution in [0.1, 0.15) is 151 Å². The predicted molar refractivity (Wildman–Crippen MR) is 451 cm³/mol. The van der Waals surface area contributed by atoms with Gasteiger partial charge in [-0.05, 0) is 161 Å². The zero-order valence-electron chi connectivity index (χ0n) is 65.5. The number of likely N-dealkylation sites (tertiary alicyclic amines) is 2. The molecule has 0 aliphatic carbocycles. The summed E-state index contributed by atoms with van der Waals surface area (Å²) in [5.41, 5.74) is 19.4. The average Bonchev–Trinajstić information content (AvgIpc) is 0.831. The molecule has 3 saturated heterocycles. The quantitative estimate of drug-likeness (QED) is 0.0170. The van der Waals surface area contributed by atoms with Gasteiger partial charge in [0, 0.05) is 88.6 Å². The van der Waals surface area contributed by atoms with Crippen LogP contribution in [0.5, 0.6) is 17.2 Å². The third-order valence-corrected chi connectivity index (χ3v) is 20.6. The fraction of sp³-hybridized carbons (Fsp3) is 0.316. The number of piperidine rings is 3. The lowest BCUT2D eigenvalue weighted by atomic mass is 9.75. The molecule has 634 valence electrons. The number of nitrogens with zero attached hydrogens (tertiary/aromatic N) is 8. The molecule has 41 heteroatoms. The van der Waals surface area contributed by atoms with Gasteiger partial charge in [0.15, 0.2) is 51.8 Å². The topological polar surface area (TPSA) is 439 Å². The van der Waals surface area contributed by atoms with Gasteiger partial charge in [-0.1, -0.05) is 111 Å². The molecule has 6 aromatic carbocycles. The Morgan fingerprint density at radius 1 is 0.483 bits per heavy atom. The van der Waals surface area contributed by atoms with Gasteiger partial charge in [0.25, 0.3) is 43.4 Å². The first kappa shape index (κ1) is 93.5. The summed E-state index contributed by atoms with van der Waals surface area (Å²) in [7, 11) is 0. The van der Waals surface area contributed by atoms with E-state index in [0.717, 1.165) is 44.1 Å². The van der Waals surface area contributed by atoms with Crippen molar-refractivity contribution in [2.24, 2.45) is 5.41 Å². The van der Waals surface area contributed by atoms with E-state index in [2.05, 4.69) is 51.9 Å². The predicted octanol–water partition coefficient (Wildman–Crippen LogP) is 14.4. The van der Waals surface area contributed by atoms with Gasteiger partial charge in [-0.25, -0.2) is 18.0 Å². The van der Waals surface area contributed by atoms with Crippen LogP contribution in [0.3, 0.4) is 0 Å². The molecule has 5 amide bonds. The summed E-state index contributed by atoms with van der Waals surface area (Å²) >= 11 is 37.0. The Labute approximate surface area is 718 Å². The number of carbonyl (C=O) groups is 6. The number of hydrogen-bond donors (Lipinski definition) is 11. The summed E-state index contributed by atoms with van der Waals surface area (Å²) in [5, 5.41) is 71.1. The van der Waals surface area contributed by atoms with E-state index in [9.17, 15) is 52.2 Å². The maximum atomic E-state index is 14.2. The standard InChI is InChI=1S/C28H31BCl2FN5O5.C25H24Cl2FN5O4.C21H18BCl2FN4O5.C5H11NO/c1-28(2)14-37(12-11-21(28)38)26(40)15-5-7-16(8-6-15)34-25(39)19-13-20(24(33)36-35-19)41-27(42-29(3)4)22-17(30)9-10-18(32)23(22)31;1-13(21-17(26)6-7-18(28)22(21)27)37-20-12-19(31-32-23(20)29)24(35)30-15-4-2-14(3-5-15)25(36)33-10-8-16(34)9-11-33;1-22(2)34-21(16-12(23)7-8-13(25)17(16)24)33-15-9-14(28-29-18(15)26)19(30)27-11-5-3-10(4-6-11)20(31)32;7-5-1-3-6-4-2-5/h5-10,13,21,27,38H,11-12,14H2,1-4H3,(H2,33,36)(H,34,39);2-7,12-13,16,34H,8-11H2,1H3,(H2,29,32)(H,30,35);3-9,21H,1-2H3,(H2,26,29)(H,27,30)(H,31,32);5-7H,1-4H2/t21?,27-;13-;21-;/m111./s1. The minimum atomic E-state index is -1.28. The minimum absolute atomic E-state index is 0.0266. The second-order valence-corrected chi connectivity index (χ2v) is 31.0. The van der Waals surface area contributed by atoms with Crippen molar-refractivity contribution < 1.29 is 85.9 Å². The van der Waals surface area contributed by atoms with Crippen molar-refractivity contribution in [1.29, 1.82) is 0 Å². The molecule has 3 aliphatic heterocycles. The van der Waals surface area contributed by atoms with E-state index in [1.54, 1.807) is 92.5 Å². The molecule has 1 unspecified atom stereocenters. The van der Waals surface area contributed by atoms with Crippen LogP contribution < -0.4 is 52.7 Å². The van der Waals surface area contributed by atoms with Gasteiger partial charge >= 0.3 is 5.97 Å². The lowest BCUT2D eigenvalue weighted by Gasteiger charge is -2.41. The molecule has 3 aromatic heterocycles. The molecule has 3 aliphatic rings. The van der Waals surface area contributed by atoms with Crippen molar-refractivity contribution in [3.8, 4) is 17.2 Å². The maximum Gasteiger partial charge on any atom is 0.335 e. The highest BCUT2D eigenvalue weighted by Crippen LogP contribution is 2.41. The van der Waals surface area contributed by atoms with Crippen molar-refractivity contribution in [3.05, 3.63) is 225 Å². The number of carboxylic acids is 1. The van der Waals surface area contributed by atoms with Gasteiger partial charge in [0.05, 0.1) is 60.1 Å². The number of halogens is 9. The highest BCUT2D eigenvalue weighted by atomic mass is 35.5. The molecule has 0 saturated carbocycles. The van der Waals surface area contributed by atoms with Gasteiger partial charge in [-0.3, -0.25) is 24.0 Å². The molecule has 3 fully saturated rings. The van der Waals surface area contributed by atoms with Gasteiger partial charge in [0.1, 0.15) is 23.6 Å². The Balaban J connectivity index is 0.000000197. The highest BCUT2D eigenvalue weighted by Gasteiger charge is 2.37. The van der Waals surface area contributed by atoms with Gasteiger partial charge in [-0.2, -0.15) is 0 Å². The molecule has 12 rings (SSSR count). The number of ether oxygens (including phenoxy) is 3. The van der Waals surface area contributed by atoms with E-state index in [-0.39, 0.29) is 142 Å². The summed E-state index contributed by atoms with van der Waals surface area (Å²) in [5.74, 6) is -5.86. The highest BCUT2D eigenvalue weighted by molar-refractivity contribution is 6.49. The summed E-state index contributed by atoms with van der Waals surface area (Å²) in [4.78, 5) is 78.4. The molecule has 0 spiro atoms. The molecular formula is C79H84B2Cl6F3N15O15. The Morgan fingerprint density at radius 2 is 0.817 bits per heavy atom. The number of hydrogen-bond acceptors (Lipinski definition) is 24. The third-order valence-electron chi connectivity index (χ3n) is 18.4. The first-order chi connectivity index (χ1) is 56.9. The van der Waals surface area contributed by atoms with Gasteiger partial charge in [0.2, 0.25) is 12.6 Å². The van der Waals surface area contributed by atoms with E-state index >= 15 is 0 Å². The smallest absolute Gasteiger partial charge is 0.335 e. The molecule has 30 nitrogen and oxygen atoms in total. The zero-order valence-corrected chi connectivity index (χ0v) is 70.0. The van der Waals surface area contributed by atoms with Gasteiger partial charge in [-0.15, -0.1) is 30.6 Å². The number of nitrogen functional groups attached to an aromatic ring is 3. The second kappa shape index (κ2) is 42.7. The summed E-state index contributed by atoms with van der Waals surface area (Å²) in [6.07, 6.45) is -0.759. The van der Waals surface area contributed by atoms with Crippen molar-refractivity contribution in [2.45, 2.75) is 117 Å². The zero-order chi connectivity index (χ0) is 87.6. The van der Waals surface area contributed by atoms with Crippen LogP contribution in [-0.2, 0) is 9.31 Å². The van der Waals surface area contributed by atoms with Crippen LogP contribution in [0.4, 0.5) is 47.7 Å². The number of anilines is 6. The normalized spacial score (nSPS) is 15.2. The van der Waals surface area contributed by atoms with Crippen LogP contribution in [0, 0.1) is 22.9 Å². The monoisotopic (exact) mass is 1770 g/mol. The van der Waals surface area contributed by atoms with Crippen LogP contribution in [0.15, 0.2) is 127 Å². The summed E-state index contributed by atoms with van der Waals surface area (Å²) in [6, 6.07) is 29.5. The number of carboxylic acid groups (broad SMARTS) is 1. The Kier molecular flexibility index (Phi) is 33.3. The Bertz CT molecular complexity index is 5160. The number of rotatable bonds is 22.